The van der Waals surface area contributed by atoms with E-state index in [9.17, 15) is 19.5 Å². The van der Waals surface area contributed by atoms with E-state index in [1.807, 2.05) is 0 Å². The van der Waals surface area contributed by atoms with Crippen LogP contribution in [0, 0.1) is 0 Å². The van der Waals surface area contributed by atoms with E-state index in [1.54, 1.807) is 18.2 Å². The molecule has 0 spiro atoms. The molecule has 0 unspecified atom stereocenters. The van der Waals surface area contributed by atoms with Crippen molar-refractivity contribution in [2.75, 3.05) is 0 Å². The van der Waals surface area contributed by atoms with Gasteiger partial charge in [0.1, 0.15) is 17.1 Å². The SMILES string of the molecule is CC(=O)Oc1ccc2cc(OC(C)=O)c(C(=O)O)cc2c1. The molecule has 0 saturated carbocycles. The summed E-state index contributed by atoms with van der Waals surface area (Å²) in [6.45, 7) is 2.47. The largest absolute Gasteiger partial charge is 0.478 e. The number of rotatable bonds is 3. The molecule has 0 aliphatic carbocycles. The molecule has 0 amide bonds. The first-order valence-electron chi connectivity index (χ1n) is 6.05. The molecule has 2 aromatic carbocycles. The Hall–Kier alpha value is -2.89. The van der Waals surface area contributed by atoms with Crippen LogP contribution in [0.3, 0.4) is 0 Å². The van der Waals surface area contributed by atoms with Gasteiger partial charge < -0.3 is 14.6 Å². The zero-order chi connectivity index (χ0) is 15.6. The number of ether oxygens (including phenoxy) is 2. The minimum Gasteiger partial charge on any atom is -0.478 e. The van der Waals surface area contributed by atoms with Crippen LogP contribution < -0.4 is 9.47 Å². The number of hydrogen-bond acceptors (Lipinski definition) is 5. The quantitative estimate of drug-likeness (QED) is 0.689. The van der Waals surface area contributed by atoms with Crippen molar-refractivity contribution in [2.24, 2.45) is 0 Å². The molecular formula is C15H12O6. The Labute approximate surface area is 119 Å². The molecule has 1 N–H and O–H groups in total. The molecule has 0 aromatic heterocycles. The van der Waals surface area contributed by atoms with Crippen molar-refractivity contribution in [1.82, 2.24) is 0 Å². The molecule has 6 nitrogen and oxygen atoms in total. The Balaban J connectivity index is 2.57. The second-order valence-corrected chi connectivity index (χ2v) is 4.35. The lowest BCUT2D eigenvalue weighted by atomic mass is 10.1. The van der Waals surface area contributed by atoms with Gasteiger partial charge in [-0.25, -0.2) is 4.79 Å². The summed E-state index contributed by atoms with van der Waals surface area (Å²) in [5.74, 6) is -2.00. The Morgan fingerprint density at radius 3 is 2.14 bits per heavy atom. The third kappa shape index (κ3) is 3.36. The molecule has 0 radical (unpaired) electrons. The summed E-state index contributed by atoms with van der Waals surface area (Å²) in [5, 5.41) is 10.4. The number of hydrogen-bond donors (Lipinski definition) is 1. The van der Waals surface area contributed by atoms with Gasteiger partial charge in [-0.1, -0.05) is 6.07 Å². The lowest BCUT2D eigenvalue weighted by Gasteiger charge is -2.09. The fraction of sp³-hybridized carbons (Fsp3) is 0.133. The minimum atomic E-state index is -1.22. The molecule has 0 saturated heterocycles. The Bertz CT molecular complexity index is 747. The van der Waals surface area contributed by atoms with Crippen LogP contribution in [-0.2, 0) is 9.59 Å². The molecule has 0 aliphatic rings. The topological polar surface area (TPSA) is 89.9 Å². The molecule has 0 fully saturated rings. The predicted octanol–water partition coefficient (Wildman–Crippen LogP) is 2.39. The monoisotopic (exact) mass is 288 g/mol. The van der Waals surface area contributed by atoms with Crippen molar-refractivity contribution >= 4 is 28.7 Å². The summed E-state index contributed by atoms with van der Waals surface area (Å²) >= 11 is 0. The smallest absolute Gasteiger partial charge is 0.339 e. The van der Waals surface area contributed by atoms with Crippen molar-refractivity contribution < 1.29 is 29.0 Å². The summed E-state index contributed by atoms with van der Waals surface area (Å²) in [7, 11) is 0. The van der Waals surface area contributed by atoms with Crippen LogP contribution in [0.4, 0.5) is 0 Å². The molecule has 0 heterocycles. The van der Waals surface area contributed by atoms with E-state index in [1.165, 1.54) is 26.0 Å². The number of aromatic carboxylic acids is 1. The van der Waals surface area contributed by atoms with Crippen LogP contribution in [0.1, 0.15) is 24.2 Å². The van der Waals surface area contributed by atoms with E-state index in [0.29, 0.717) is 16.5 Å². The number of benzene rings is 2. The standard InChI is InChI=1S/C15H12O6/c1-8(16)20-12-4-3-10-7-14(21-9(2)17)13(15(18)19)6-11(10)5-12/h3-7H,1-2H3,(H,18,19). The highest BCUT2D eigenvalue weighted by atomic mass is 16.5. The molecule has 2 aromatic rings. The van der Waals surface area contributed by atoms with Gasteiger partial charge in [0.05, 0.1) is 0 Å². The van der Waals surface area contributed by atoms with Gasteiger partial charge >= 0.3 is 17.9 Å². The van der Waals surface area contributed by atoms with Crippen molar-refractivity contribution in [3.05, 3.63) is 35.9 Å². The molecular weight excluding hydrogens is 276 g/mol. The van der Waals surface area contributed by atoms with Crippen molar-refractivity contribution in [3.63, 3.8) is 0 Å². The van der Waals surface area contributed by atoms with Crippen molar-refractivity contribution in [1.29, 1.82) is 0 Å². The Kier molecular flexibility index (Phi) is 3.89. The van der Waals surface area contributed by atoms with Gasteiger partial charge in [-0.15, -0.1) is 0 Å². The number of esters is 2. The Morgan fingerprint density at radius 1 is 0.905 bits per heavy atom. The fourth-order valence-electron chi connectivity index (χ4n) is 1.89. The van der Waals surface area contributed by atoms with E-state index >= 15 is 0 Å². The minimum absolute atomic E-state index is 0.0252. The van der Waals surface area contributed by atoms with Gasteiger partial charge in [0, 0.05) is 13.8 Å². The number of carbonyl (C=O) groups is 3. The summed E-state index contributed by atoms with van der Waals surface area (Å²) in [6, 6.07) is 7.58. The van der Waals surface area contributed by atoms with Crippen LogP contribution in [0.15, 0.2) is 30.3 Å². The molecule has 2 rings (SSSR count). The second-order valence-electron chi connectivity index (χ2n) is 4.35. The summed E-state index contributed by atoms with van der Waals surface area (Å²) in [6.07, 6.45) is 0. The van der Waals surface area contributed by atoms with E-state index in [4.69, 9.17) is 9.47 Å². The van der Waals surface area contributed by atoms with Crippen LogP contribution in [0.2, 0.25) is 0 Å². The summed E-state index contributed by atoms with van der Waals surface area (Å²) in [5.41, 5.74) is -0.141. The van der Waals surface area contributed by atoms with Gasteiger partial charge in [-0.3, -0.25) is 9.59 Å². The number of carbonyl (C=O) groups excluding carboxylic acids is 2. The highest BCUT2D eigenvalue weighted by Gasteiger charge is 2.15. The predicted molar refractivity (Wildman–Crippen MR) is 73.5 cm³/mol. The highest BCUT2D eigenvalue weighted by Crippen LogP contribution is 2.29. The van der Waals surface area contributed by atoms with Crippen LogP contribution >= 0.6 is 0 Å². The lowest BCUT2D eigenvalue weighted by molar-refractivity contribution is -0.132. The van der Waals surface area contributed by atoms with E-state index in [-0.39, 0.29) is 11.3 Å². The average Bonchev–Trinajstić information content (AvgIpc) is 2.36. The molecule has 21 heavy (non-hydrogen) atoms. The maximum absolute atomic E-state index is 11.2. The third-order valence-corrected chi connectivity index (χ3v) is 2.66. The molecule has 0 aliphatic heterocycles. The highest BCUT2D eigenvalue weighted by molar-refractivity contribution is 5.99. The van der Waals surface area contributed by atoms with Gasteiger partial charge in [0.2, 0.25) is 0 Å². The summed E-state index contributed by atoms with van der Waals surface area (Å²) in [4.78, 5) is 33.2. The van der Waals surface area contributed by atoms with Gasteiger partial charge in [0.25, 0.3) is 0 Å². The third-order valence-electron chi connectivity index (χ3n) is 2.66. The summed E-state index contributed by atoms with van der Waals surface area (Å²) < 4.78 is 9.85. The van der Waals surface area contributed by atoms with Crippen LogP contribution in [0.25, 0.3) is 10.8 Å². The molecule has 108 valence electrons. The lowest BCUT2D eigenvalue weighted by Crippen LogP contribution is -2.07. The number of carboxylic acids is 1. The molecule has 0 atom stereocenters. The van der Waals surface area contributed by atoms with E-state index < -0.39 is 17.9 Å². The number of carboxylic acid groups (broad SMARTS) is 1. The maximum atomic E-state index is 11.2. The van der Waals surface area contributed by atoms with Crippen LogP contribution in [-0.4, -0.2) is 23.0 Å². The maximum Gasteiger partial charge on any atom is 0.339 e. The van der Waals surface area contributed by atoms with Crippen molar-refractivity contribution in [3.8, 4) is 11.5 Å². The Morgan fingerprint density at radius 2 is 1.57 bits per heavy atom. The average molecular weight is 288 g/mol. The normalized spacial score (nSPS) is 10.2. The number of fused-ring (bicyclic) bond motifs is 1. The van der Waals surface area contributed by atoms with E-state index in [2.05, 4.69) is 0 Å². The zero-order valence-corrected chi connectivity index (χ0v) is 11.4. The molecule has 6 heteroatoms. The molecule has 0 bridgehead atoms. The van der Waals surface area contributed by atoms with E-state index in [0.717, 1.165) is 0 Å². The first kappa shape index (κ1) is 14.5. The fourth-order valence-corrected chi connectivity index (χ4v) is 1.89. The van der Waals surface area contributed by atoms with Crippen LogP contribution in [0.5, 0.6) is 11.5 Å². The first-order valence-corrected chi connectivity index (χ1v) is 6.05. The van der Waals surface area contributed by atoms with Gasteiger partial charge in [-0.05, 0) is 35.0 Å². The van der Waals surface area contributed by atoms with Crippen molar-refractivity contribution in [2.45, 2.75) is 13.8 Å². The van der Waals surface area contributed by atoms with Gasteiger partial charge in [0.15, 0.2) is 0 Å². The van der Waals surface area contributed by atoms with Gasteiger partial charge in [-0.2, -0.15) is 0 Å². The zero-order valence-electron chi connectivity index (χ0n) is 11.4. The first-order chi connectivity index (χ1) is 9.86. The second kappa shape index (κ2) is 5.62.